The van der Waals surface area contributed by atoms with Crippen LogP contribution in [0.25, 0.3) is 11.3 Å². The lowest BCUT2D eigenvalue weighted by Crippen LogP contribution is -2.17. The highest BCUT2D eigenvalue weighted by Gasteiger charge is 2.18. The Labute approximate surface area is 204 Å². The minimum absolute atomic E-state index is 0.0592. The molecule has 0 radical (unpaired) electrons. The van der Waals surface area contributed by atoms with Gasteiger partial charge in [-0.05, 0) is 42.0 Å². The number of nitrogens with zero attached hydrogens (tertiary/aromatic N) is 3. The number of ether oxygens (including phenoxy) is 4. The Morgan fingerprint density at radius 2 is 1.89 bits per heavy atom. The van der Waals surface area contributed by atoms with Crippen molar-refractivity contribution in [2.45, 2.75) is 6.54 Å². The van der Waals surface area contributed by atoms with Crippen LogP contribution in [0, 0.1) is 10.1 Å². The summed E-state index contributed by atoms with van der Waals surface area (Å²) in [5.41, 5.74) is 2.83. The second-order valence-corrected chi connectivity index (χ2v) is 8.44. The van der Waals surface area contributed by atoms with Crippen molar-refractivity contribution >= 4 is 22.7 Å². The first-order valence-electron chi connectivity index (χ1n) is 10.6. The number of fused-ring (bicyclic) bond motifs is 1. The van der Waals surface area contributed by atoms with Crippen LogP contribution in [0.4, 0.5) is 11.4 Å². The van der Waals surface area contributed by atoms with Crippen molar-refractivity contribution in [3.63, 3.8) is 0 Å². The number of methoxy groups -OCH3 is 2. The monoisotopic (exact) mass is 491 g/mol. The minimum atomic E-state index is -0.430. The fraction of sp³-hybridized carbons (Fsp3) is 0.160. The van der Waals surface area contributed by atoms with E-state index in [9.17, 15) is 10.1 Å². The molecular formula is C25H21N3O6S. The van der Waals surface area contributed by atoms with Crippen molar-refractivity contribution in [2.75, 3.05) is 21.0 Å². The molecule has 0 spiro atoms. The molecule has 0 aliphatic carbocycles. The van der Waals surface area contributed by atoms with E-state index in [-0.39, 0.29) is 18.2 Å². The highest BCUT2D eigenvalue weighted by atomic mass is 32.1. The number of hydrogen-bond acceptors (Lipinski definition) is 8. The molecule has 0 unspecified atom stereocenters. The molecule has 2 heterocycles. The summed E-state index contributed by atoms with van der Waals surface area (Å²) in [7, 11) is 3.22. The number of benzene rings is 3. The number of nitro groups is 1. The maximum absolute atomic E-state index is 11.6. The first-order chi connectivity index (χ1) is 17.1. The predicted octanol–water partition coefficient (Wildman–Crippen LogP) is 5.15. The van der Waals surface area contributed by atoms with Crippen LogP contribution in [0.5, 0.6) is 23.0 Å². The van der Waals surface area contributed by atoms with E-state index < -0.39 is 4.92 Å². The van der Waals surface area contributed by atoms with Crippen LogP contribution in [0.3, 0.4) is 0 Å². The molecule has 0 bridgehead atoms. The van der Waals surface area contributed by atoms with E-state index in [2.05, 4.69) is 4.99 Å². The number of rotatable bonds is 7. The lowest BCUT2D eigenvalue weighted by molar-refractivity contribution is -0.384. The first kappa shape index (κ1) is 22.5. The Morgan fingerprint density at radius 1 is 1.06 bits per heavy atom. The summed E-state index contributed by atoms with van der Waals surface area (Å²) in [5.74, 6) is 2.72. The zero-order valence-corrected chi connectivity index (χ0v) is 19.8. The Bertz CT molecular complexity index is 1480. The molecule has 0 saturated carbocycles. The van der Waals surface area contributed by atoms with Gasteiger partial charge in [-0.1, -0.05) is 18.2 Å². The predicted molar refractivity (Wildman–Crippen MR) is 131 cm³/mol. The summed E-state index contributed by atoms with van der Waals surface area (Å²) in [6.45, 7) is 0.629. The molecule has 0 N–H and O–H groups in total. The molecule has 178 valence electrons. The number of aromatic nitrogens is 1. The summed E-state index contributed by atoms with van der Waals surface area (Å²) in [6, 6.07) is 17.8. The number of nitro benzene ring substituents is 1. The lowest BCUT2D eigenvalue weighted by Gasteiger charge is -2.14. The summed E-state index contributed by atoms with van der Waals surface area (Å²) < 4.78 is 24.0. The van der Waals surface area contributed by atoms with Crippen LogP contribution >= 0.6 is 11.3 Å². The fourth-order valence-corrected chi connectivity index (χ4v) is 4.75. The maximum Gasteiger partial charge on any atom is 0.294 e. The Hall–Kier alpha value is -4.31. The average molecular weight is 492 g/mol. The minimum Gasteiger partial charge on any atom is -0.497 e. The summed E-state index contributed by atoms with van der Waals surface area (Å²) in [4.78, 5) is 16.4. The second kappa shape index (κ2) is 9.51. The third-order valence-corrected chi connectivity index (χ3v) is 6.42. The van der Waals surface area contributed by atoms with Crippen LogP contribution < -0.4 is 23.7 Å². The van der Waals surface area contributed by atoms with Gasteiger partial charge >= 0.3 is 0 Å². The van der Waals surface area contributed by atoms with Crippen LogP contribution in [0.2, 0.25) is 0 Å². The molecule has 35 heavy (non-hydrogen) atoms. The number of para-hydroxylation sites is 2. The standard InChI is InChI=1S/C25H21N3O6S/c1-31-17-8-10-22(32-2)18(12-17)21-14-35-25(26-19-5-3-4-6-20(19)28(29)30)27(21)13-16-7-9-23-24(11-16)34-15-33-23/h3-12,14H,13,15H2,1-2H3. The topological polar surface area (TPSA) is 97.3 Å². The average Bonchev–Trinajstić information content (AvgIpc) is 3.50. The van der Waals surface area contributed by atoms with Gasteiger partial charge in [0.2, 0.25) is 6.79 Å². The van der Waals surface area contributed by atoms with E-state index >= 15 is 0 Å². The van der Waals surface area contributed by atoms with E-state index in [4.69, 9.17) is 18.9 Å². The highest BCUT2D eigenvalue weighted by Crippen LogP contribution is 2.36. The Balaban J connectivity index is 1.69. The molecular weight excluding hydrogens is 470 g/mol. The smallest absolute Gasteiger partial charge is 0.294 e. The molecule has 3 aromatic carbocycles. The van der Waals surface area contributed by atoms with Crippen molar-refractivity contribution in [2.24, 2.45) is 4.99 Å². The largest absolute Gasteiger partial charge is 0.497 e. The molecule has 5 rings (SSSR count). The van der Waals surface area contributed by atoms with E-state index in [1.54, 1.807) is 32.4 Å². The highest BCUT2D eigenvalue weighted by molar-refractivity contribution is 7.07. The van der Waals surface area contributed by atoms with Gasteiger partial charge in [0, 0.05) is 17.0 Å². The quantitative estimate of drug-likeness (QED) is 0.262. The molecule has 1 aliphatic rings. The molecule has 10 heteroatoms. The van der Waals surface area contributed by atoms with Gasteiger partial charge < -0.3 is 23.5 Å². The van der Waals surface area contributed by atoms with Crippen molar-refractivity contribution in [3.8, 4) is 34.3 Å². The zero-order chi connectivity index (χ0) is 24.4. The molecule has 0 saturated heterocycles. The van der Waals surface area contributed by atoms with Crippen LogP contribution in [0.15, 0.2) is 71.0 Å². The summed E-state index contributed by atoms with van der Waals surface area (Å²) in [6.07, 6.45) is 0. The second-order valence-electron chi connectivity index (χ2n) is 7.60. The normalized spacial score (nSPS) is 12.6. The molecule has 4 aromatic rings. The molecule has 0 amide bonds. The first-order valence-corrected chi connectivity index (χ1v) is 11.5. The Kier molecular flexibility index (Phi) is 6.11. The SMILES string of the molecule is COc1ccc(OC)c(-c2csc(=Nc3ccccc3[N+](=O)[O-])n2Cc2ccc3c(c2)OCO3)c1. The lowest BCUT2D eigenvalue weighted by atomic mass is 10.1. The van der Waals surface area contributed by atoms with E-state index in [0.29, 0.717) is 34.3 Å². The molecule has 9 nitrogen and oxygen atoms in total. The van der Waals surface area contributed by atoms with Gasteiger partial charge in [0.1, 0.15) is 17.2 Å². The fourth-order valence-electron chi connectivity index (χ4n) is 3.84. The molecule has 0 fully saturated rings. The van der Waals surface area contributed by atoms with Crippen molar-refractivity contribution in [1.82, 2.24) is 4.57 Å². The van der Waals surface area contributed by atoms with Gasteiger partial charge in [-0.3, -0.25) is 10.1 Å². The summed E-state index contributed by atoms with van der Waals surface area (Å²) >= 11 is 1.38. The van der Waals surface area contributed by atoms with Crippen molar-refractivity contribution in [3.05, 3.63) is 86.5 Å². The van der Waals surface area contributed by atoms with Crippen molar-refractivity contribution < 1.29 is 23.9 Å². The van der Waals surface area contributed by atoms with E-state index in [1.165, 1.54) is 17.4 Å². The van der Waals surface area contributed by atoms with Gasteiger partial charge in [-0.15, -0.1) is 11.3 Å². The Morgan fingerprint density at radius 3 is 2.69 bits per heavy atom. The van der Waals surface area contributed by atoms with Crippen LogP contribution in [-0.2, 0) is 6.54 Å². The third kappa shape index (κ3) is 4.43. The molecule has 1 aromatic heterocycles. The van der Waals surface area contributed by atoms with Crippen LogP contribution in [-0.4, -0.2) is 30.5 Å². The zero-order valence-electron chi connectivity index (χ0n) is 19.0. The number of thiazole rings is 1. The van der Waals surface area contributed by atoms with Gasteiger partial charge in [0.15, 0.2) is 16.3 Å². The van der Waals surface area contributed by atoms with Gasteiger partial charge in [-0.2, -0.15) is 0 Å². The maximum atomic E-state index is 11.6. The van der Waals surface area contributed by atoms with Gasteiger partial charge in [-0.25, -0.2) is 4.99 Å². The van der Waals surface area contributed by atoms with Crippen molar-refractivity contribution in [1.29, 1.82) is 0 Å². The number of hydrogen-bond donors (Lipinski definition) is 0. The molecule has 0 atom stereocenters. The third-order valence-electron chi connectivity index (χ3n) is 5.55. The van der Waals surface area contributed by atoms with Gasteiger partial charge in [0.25, 0.3) is 5.69 Å². The summed E-state index contributed by atoms with van der Waals surface area (Å²) in [5, 5.41) is 13.5. The van der Waals surface area contributed by atoms with Gasteiger partial charge in [0.05, 0.1) is 31.4 Å². The van der Waals surface area contributed by atoms with E-state index in [0.717, 1.165) is 16.8 Å². The van der Waals surface area contributed by atoms with Crippen LogP contribution in [0.1, 0.15) is 5.56 Å². The van der Waals surface area contributed by atoms with E-state index in [1.807, 2.05) is 46.3 Å². The molecule has 1 aliphatic heterocycles.